The lowest BCUT2D eigenvalue weighted by Gasteiger charge is -2.25. The third-order valence-electron chi connectivity index (χ3n) is 6.10. The molecule has 0 unspecified atom stereocenters. The molecule has 0 aliphatic carbocycles. The number of likely N-dealkylation sites (tertiary alicyclic amines) is 1. The van der Waals surface area contributed by atoms with Crippen molar-refractivity contribution in [1.29, 1.82) is 0 Å². The Bertz CT molecular complexity index is 1350. The minimum absolute atomic E-state index is 0.0363. The maximum atomic E-state index is 13.8. The van der Waals surface area contributed by atoms with Crippen LogP contribution < -0.4 is 10.3 Å². The van der Waals surface area contributed by atoms with E-state index in [1.165, 1.54) is 4.68 Å². The summed E-state index contributed by atoms with van der Waals surface area (Å²) in [5, 5.41) is 5.64. The average Bonchev–Trinajstić information content (AvgIpc) is 3.35. The van der Waals surface area contributed by atoms with Gasteiger partial charge in [0, 0.05) is 11.9 Å². The zero-order chi connectivity index (χ0) is 22.8. The van der Waals surface area contributed by atoms with Crippen molar-refractivity contribution < 1.29 is 9.53 Å². The van der Waals surface area contributed by atoms with Gasteiger partial charge in [-0.1, -0.05) is 48.5 Å². The summed E-state index contributed by atoms with van der Waals surface area (Å²) in [6.45, 7) is 3.22. The van der Waals surface area contributed by atoms with E-state index in [1.54, 1.807) is 12.1 Å². The van der Waals surface area contributed by atoms with E-state index in [0.717, 1.165) is 24.2 Å². The molecule has 5 rings (SSSR count). The van der Waals surface area contributed by atoms with Gasteiger partial charge in [0.2, 0.25) is 0 Å². The SMILES string of the molecule is CCOc1ccc([C@@H]2CCCN2C(=O)c2nn(-c3ccccc3)c(=O)c3ccccc23)cc1. The van der Waals surface area contributed by atoms with Crippen LogP contribution in [0.4, 0.5) is 0 Å². The monoisotopic (exact) mass is 439 g/mol. The lowest BCUT2D eigenvalue weighted by atomic mass is 10.0. The highest BCUT2D eigenvalue weighted by Crippen LogP contribution is 2.34. The number of ether oxygens (including phenoxy) is 1. The number of para-hydroxylation sites is 1. The smallest absolute Gasteiger partial charge is 0.279 e. The highest BCUT2D eigenvalue weighted by molar-refractivity contribution is 6.05. The van der Waals surface area contributed by atoms with Crippen molar-refractivity contribution in [3.8, 4) is 11.4 Å². The Hall–Kier alpha value is -3.93. The van der Waals surface area contributed by atoms with E-state index in [0.29, 0.717) is 35.3 Å². The second kappa shape index (κ2) is 8.90. The lowest BCUT2D eigenvalue weighted by molar-refractivity contribution is 0.0730. The van der Waals surface area contributed by atoms with E-state index in [9.17, 15) is 9.59 Å². The van der Waals surface area contributed by atoms with Gasteiger partial charge in [-0.2, -0.15) is 9.78 Å². The number of benzene rings is 3. The average molecular weight is 440 g/mol. The fourth-order valence-electron chi connectivity index (χ4n) is 4.54. The van der Waals surface area contributed by atoms with Crippen molar-refractivity contribution in [2.75, 3.05) is 13.2 Å². The molecule has 0 bridgehead atoms. The number of hydrogen-bond donors (Lipinski definition) is 0. The number of amides is 1. The van der Waals surface area contributed by atoms with Crippen molar-refractivity contribution in [2.24, 2.45) is 0 Å². The van der Waals surface area contributed by atoms with Gasteiger partial charge in [0.05, 0.1) is 23.7 Å². The molecule has 0 N–H and O–H groups in total. The molecule has 1 aliphatic heterocycles. The molecule has 0 radical (unpaired) electrons. The van der Waals surface area contributed by atoms with Gasteiger partial charge in [0.15, 0.2) is 5.69 Å². The summed E-state index contributed by atoms with van der Waals surface area (Å²) in [5.74, 6) is 0.659. The first-order chi connectivity index (χ1) is 16.2. The number of rotatable bonds is 5. The second-order valence-electron chi connectivity index (χ2n) is 8.11. The van der Waals surface area contributed by atoms with E-state index in [4.69, 9.17) is 4.74 Å². The Morgan fingerprint density at radius 2 is 1.67 bits per heavy atom. The van der Waals surface area contributed by atoms with Gasteiger partial charge >= 0.3 is 0 Å². The molecule has 1 amide bonds. The van der Waals surface area contributed by atoms with Gasteiger partial charge in [-0.15, -0.1) is 0 Å². The predicted octanol–water partition coefficient (Wildman–Crippen LogP) is 4.76. The number of carbonyl (C=O) groups excluding carboxylic acids is 1. The summed E-state index contributed by atoms with van der Waals surface area (Å²) in [6, 6.07) is 24.3. The zero-order valence-corrected chi connectivity index (χ0v) is 18.5. The third-order valence-corrected chi connectivity index (χ3v) is 6.10. The Morgan fingerprint density at radius 3 is 2.39 bits per heavy atom. The minimum Gasteiger partial charge on any atom is -0.494 e. The van der Waals surface area contributed by atoms with Crippen LogP contribution in [0.3, 0.4) is 0 Å². The van der Waals surface area contributed by atoms with Crippen LogP contribution in [0.2, 0.25) is 0 Å². The molecular formula is C27H25N3O3. The van der Waals surface area contributed by atoms with Crippen LogP contribution in [-0.4, -0.2) is 33.7 Å². The van der Waals surface area contributed by atoms with Crippen molar-refractivity contribution in [2.45, 2.75) is 25.8 Å². The summed E-state index contributed by atoms with van der Waals surface area (Å²) < 4.78 is 6.89. The normalized spacial score (nSPS) is 15.7. The second-order valence-corrected chi connectivity index (χ2v) is 8.11. The summed E-state index contributed by atoms with van der Waals surface area (Å²) >= 11 is 0. The van der Waals surface area contributed by atoms with Crippen LogP contribution >= 0.6 is 0 Å². The van der Waals surface area contributed by atoms with Crippen molar-refractivity contribution >= 4 is 16.7 Å². The standard InChI is InChI=1S/C27H25N3O3/c1-2-33-21-16-14-19(15-17-21)24-13-8-18-29(24)27(32)25-22-11-6-7-12-23(22)26(31)30(28-25)20-9-4-3-5-10-20/h3-7,9-12,14-17,24H,2,8,13,18H2,1H3/t24-/m0/s1. The van der Waals surface area contributed by atoms with Crippen LogP contribution in [0, 0.1) is 0 Å². The molecule has 1 aliphatic rings. The minimum atomic E-state index is -0.238. The fraction of sp³-hybridized carbons (Fsp3) is 0.222. The molecule has 4 aromatic rings. The van der Waals surface area contributed by atoms with Gasteiger partial charge in [0.1, 0.15) is 5.75 Å². The Balaban J connectivity index is 1.57. The van der Waals surface area contributed by atoms with Gasteiger partial charge in [-0.25, -0.2) is 0 Å². The van der Waals surface area contributed by atoms with Crippen molar-refractivity contribution in [3.05, 3.63) is 100 Å². The molecule has 1 aromatic heterocycles. The van der Waals surface area contributed by atoms with Gasteiger partial charge in [-0.3, -0.25) is 9.59 Å². The maximum absolute atomic E-state index is 13.8. The highest BCUT2D eigenvalue weighted by Gasteiger charge is 2.33. The quantitative estimate of drug-likeness (QED) is 0.450. The fourth-order valence-corrected chi connectivity index (χ4v) is 4.54. The number of carbonyl (C=O) groups is 1. The Morgan fingerprint density at radius 1 is 0.970 bits per heavy atom. The molecule has 0 saturated carbocycles. The molecule has 166 valence electrons. The molecule has 3 aromatic carbocycles. The molecule has 6 heteroatoms. The topological polar surface area (TPSA) is 64.4 Å². The van der Waals surface area contributed by atoms with E-state index in [1.807, 2.05) is 78.6 Å². The highest BCUT2D eigenvalue weighted by atomic mass is 16.5. The Labute approximate surface area is 192 Å². The van der Waals surface area contributed by atoms with Gasteiger partial charge in [0.25, 0.3) is 11.5 Å². The summed E-state index contributed by atoms with van der Waals surface area (Å²) in [7, 11) is 0. The number of aromatic nitrogens is 2. The van der Waals surface area contributed by atoms with Crippen LogP contribution in [0.1, 0.15) is 41.9 Å². The van der Waals surface area contributed by atoms with E-state index >= 15 is 0 Å². The van der Waals surface area contributed by atoms with Crippen molar-refractivity contribution in [3.63, 3.8) is 0 Å². The maximum Gasteiger partial charge on any atom is 0.279 e. The number of hydrogen-bond acceptors (Lipinski definition) is 4. The zero-order valence-electron chi connectivity index (χ0n) is 18.5. The molecule has 1 saturated heterocycles. The third kappa shape index (κ3) is 3.89. The molecule has 33 heavy (non-hydrogen) atoms. The lowest BCUT2D eigenvalue weighted by Crippen LogP contribution is -2.34. The number of fused-ring (bicyclic) bond motifs is 1. The molecule has 1 fully saturated rings. The number of nitrogens with zero attached hydrogens (tertiary/aromatic N) is 3. The van der Waals surface area contributed by atoms with Crippen LogP contribution in [-0.2, 0) is 0 Å². The summed E-state index contributed by atoms with van der Waals surface area (Å²) in [5.41, 5.74) is 1.77. The van der Waals surface area contributed by atoms with Crippen LogP contribution in [0.25, 0.3) is 16.5 Å². The first-order valence-corrected chi connectivity index (χ1v) is 11.3. The van der Waals surface area contributed by atoms with E-state index in [-0.39, 0.29) is 17.5 Å². The predicted molar refractivity (Wildman–Crippen MR) is 128 cm³/mol. The molecule has 1 atom stereocenters. The largest absolute Gasteiger partial charge is 0.494 e. The first kappa shape index (κ1) is 20.9. The molecular weight excluding hydrogens is 414 g/mol. The molecule has 6 nitrogen and oxygen atoms in total. The first-order valence-electron chi connectivity index (χ1n) is 11.3. The molecule has 2 heterocycles. The van der Waals surface area contributed by atoms with Gasteiger partial charge in [-0.05, 0) is 55.7 Å². The Kier molecular flexibility index (Phi) is 5.65. The van der Waals surface area contributed by atoms with Gasteiger partial charge < -0.3 is 9.64 Å². The summed E-state index contributed by atoms with van der Waals surface area (Å²) in [4.78, 5) is 28.9. The van der Waals surface area contributed by atoms with Crippen molar-refractivity contribution in [1.82, 2.24) is 14.7 Å². The summed E-state index contributed by atoms with van der Waals surface area (Å²) in [6.07, 6.45) is 1.80. The van der Waals surface area contributed by atoms with E-state index < -0.39 is 0 Å². The van der Waals surface area contributed by atoms with E-state index in [2.05, 4.69) is 5.10 Å². The van der Waals surface area contributed by atoms with Crippen LogP contribution in [0.5, 0.6) is 5.75 Å². The van der Waals surface area contributed by atoms with Crippen LogP contribution in [0.15, 0.2) is 83.7 Å². The molecule has 0 spiro atoms.